The number of amides is 1. The molecule has 34 heavy (non-hydrogen) atoms. The Kier molecular flexibility index (Phi) is 4.58. The van der Waals surface area contributed by atoms with Gasteiger partial charge in [-0.15, -0.1) is 0 Å². The number of fused-ring (bicyclic) bond motifs is 3. The molecule has 3 heterocycles. The summed E-state index contributed by atoms with van der Waals surface area (Å²) in [5.41, 5.74) is 4.56. The maximum Gasteiger partial charge on any atom is 0.344 e. The summed E-state index contributed by atoms with van der Waals surface area (Å²) in [7, 11) is 1.79. The second kappa shape index (κ2) is 7.66. The lowest BCUT2D eigenvalue weighted by atomic mass is 9.97. The Hall–Kier alpha value is -4.26. The minimum atomic E-state index is -0.411. The predicted octanol–water partition coefficient (Wildman–Crippen LogP) is 4.95. The molecule has 1 unspecified atom stereocenters. The van der Waals surface area contributed by atoms with Gasteiger partial charge in [-0.3, -0.25) is 4.79 Å². The van der Waals surface area contributed by atoms with Gasteiger partial charge in [-0.1, -0.05) is 25.1 Å². The van der Waals surface area contributed by atoms with Crippen molar-refractivity contribution < 1.29 is 18.7 Å². The lowest BCUT2D eigenvalue weighted by molar-refractivity contribution is 0.0735. The number of ether oxygens (including phenoxy) is 2. The van der Waals surface area contributed by atoms with Crippen LogP contribution in [0.2, 0.25) is 0 Å². The molecule has 1 atom stereocenters. The summed E-state index contributed by atoms with van der Waals surface area (Å²) < 4.78 is 16.7. The van der Waals surface area contributed by atoms with E-state index < -0.39 is 5.63 Å². The molecule has 0 saturated heterocycles. The van der Waals surface area contributed by atoms with Gasteiger partial charge >= 0.3 is 5.63 Å². The lowest BCUT2D eigenvalue weighted by Gasteiger charge is -2.35. The smallest absolute Gasteiger partial charge is 0.344 e. The molecule has 1 N–H and O–H groups in total. The highest BCUT2D eigenvalue weighted by atomic mass is 16.7. The summed E-state index contributed by atoms with van der Waals surface area (Å²) in [5, 5.41) is 4.27. The number of anilines is 1. The number of nitrogens with one attached hydrogen (secondary N) is 1. The normalized spacial score (nSPS) is 16.5. The van der Waals surface area contributed by atoms with Crippen LogP contribution in [-0.2, 0) is 6.42 Å². The first-order valence-electron chi connectivity index (χ1n) is 11.2. The summed E-state index contributed by atoms with van der Waals surface area (Å²) in [6.07, 6.45) is 0.329. The van der Waals surface area contributed by atoms with Gasteiger partial charge in [-0.25, -0.2) is 4.79 Å². The fourth-order valence-electron chi connectivity index (χ4n) is 4.67. The highest BCUT2D eigenvalue weighted by molar-refractivity contribution is 6.01. The van der Waals surface area contributed by atoms with Crippen molar-refractivity contribution in [2.24, 2.45) is 0 Å². The molecule has 0 fully saturated rings. The van der Waals surface area contributed by atoms with Gasteiger partial charge in [0.05, 0.1) is 11.1 Å². The van der Waals surface area contributed by atoms with E-state index >= 15 is 0 Å². The number of carbonyl (C=O) groups excluding carboxylic acids is 1. The Bertz CT molecular complexity index is 1520. The van der Waals surface area contributed by atoms with Gasteiger partial charge in [0.1, 0.15) is 11.7 Å². The second-order valence-electron chi connectivity index (χ2n) is 8.48. The molecule has 1 amide bonds. The first kappa shape index (κ1) is 20.4. The number of para-hydroxylation sites is 1. The second-order valence-corrected chi connectivity index (χ2v) is 8.48. The third-order valence-corrected chi connectivity index (χ3v) is 6.47. The van der Waals surface area contributed by atoms with Crippen LogP contribution in [0, 0.1) is 0 Å². The minimum absolute atomic E-state index is 0.0434. The van der Waals surface area contributed by atoms with Crippen LogP contribution in [0.15, 0.2) is 69.9 Å². The number of hydrogen-bond acceptors (Lipinski definition) is 6. The van der Waals surface area contributed by atoms with Crippen molar-refractivity contribution in [2.45, 2.75) is 19.5 Å². The van der Waals surface area contributed by atoms with E-state index in [1.165, 1.54) is 0 Å². The summed E-state index contributed by atoms with van der Waals surface area (Å²) >= 11 is 0. The zero-order valence-electron chi connectivity index (χ0n) is 18.8. The van der Waals surface area contributed by atoms with Crippen molar-refractivity contribution in [3.05, 3.63) is 87.8 Å². The summed E-state index contributed by atoms with van der Waals surface area (Å²) in [6, 6.07) is 18.7. The number of benzene rings is 3. The van der Waals surface area contributed by atoms with Crippen molar-refractivity contribution in [3.63, 3.8) is 0 Å². The van der Waals surface area contributed by atoms with Gasteiger partial charge in [-0.2, -0.15) is 0 Å². The molecule has 1 aromatic heterocycles. The van der Waals surface area contributed by atoms with Crippen molar-refractivity contribution in [2.75, 3.05) is 19.2 Å². The van der Waals surface area contributed by atoms with Crippen LogP contribution >= 0.6 is 0 Å². The van der Waals surface area contributed by atoms with Crippen molar-refractivity contribution in [1.82, 2.24) is 4.90 Å². The average Bonchev–Trinajstić information content (AvgIpc) is 3.33. The minimum Gasteiger partial charge on any atom is -0.454 e. The molecule has 7 nitrogen and oxygen atoms in total. The third kappa shape index (κ3) is 3.12. The zero-order chi connectivity index (χ0) is 23.4. The van der Waals surface area contributed by atoms with Crippen LogP contribution in [0.4, 0.5) is 5.69 Å². The summed E-state index contributed by atoms with van der Waals surface area (Å²) in [6.45, 7) is 2.18. The molecule has 6 rings (SSSR count). The summed E-state index contributed by atoms with van der Waals surface area (Å²) in [4.78, 5) is 27.6. The van der Waals surface area contributed by atoms with E-state index in [1.54, 1.807) is 24.1 Å². The number of aryl methyl sites for hydroxylation is 1. The van der Waals surface area contributed by atoms with Crippen LogP contribution in [0.5, 0.6) is 11.5 Å². The van der Waals surface area contributed by atoms with Crippen LogP contribution in [0.1, 0.15) is 34.6 Å². The van der Waals surface area contributed by atoms with E-state index in [-0.39, 0.29) is 18.9 Å². The summed E-state index contributed by atoms with van der Waals surface area (Å²) in [5.74, 6) is 1.21. The predicted molar refractivity (Wildman–Crippen MR) is 128 cm³/mol. The number of rotatable bonds is 3. The molecule has 3 aromatic carbocycles. The van der Waals surface area contributed by atoms with Gasteiger partial charge in [-0.05, 0) is 65.6 Å². The first-order chi connectivity index (χ1) is 16.5. The molecule has 0 bridgehead atoms. The topological polar surface area (TPSA) is 81.0 Å². The molecule has 2 aliphatic heterocycles. The SMILES string of the molecule is CCc1cc(C2Nc3ccccc3C(=O)N2C)cc2cc(-c3ccc4c(c3)OCO4)c(=O)oc12. The Labute approximate surface area is 195 Å². The van der Waals surface area contributed by atoms with Crippen LogP contribution < -0.4 is 20.4 Å². The van der Waals surface area contributed by atoms with Crippen molar-refractivity contribution in [3.8, 4) is 22.6 Å². The maximum absolute atomic E-state index is 13.0. The molecule has 170 valence electrons. The molecule has 7 heteroatoms. The van der Waals surface area contributed by atoms with Gasteiger partial charge in [0.25, 0.3) is 5.91 Å². The van der Waals surface area contributed by atoms with E-state index in [4.69, 9.17) is 13.9 Å². The van der Waals surface area contributed by atoms with Gasteiger partial charge in [0.15, 0.2) is 11.5 Å². The largest absolute Gasteiger partial charge is 0.454 e. The van der Waals surface area contributed by atoms with E-state index in [1.807, 2.05) is 55.5 Å². The Balaban J connectivity index is 1.49. The zero-order valence-corrected chi connectivity index (χ0v) is 18.8. The van der Waals surface area contributed by atoms with Crippen LogP contribution in [0.25, 0.3) is 22.1 Å². The molecular formula is C27H22N2O5. The highest BCUT2D eigenvalue weighted by Gasteiger charge is 2.30. The molecule has 0 saturated carbocycles. The van der Waals surface area contributed by atoms with Crippen molar-refractivity contribution in [1.29, 1.82) is 0 Å². The lowest BCUT2D eigenvalue weighted by Crippen LogP contribution is -2.40. The monoisotopic (exact) mass is 454 g/mol. The molecule has 0 aliphatic carbocycles. The fourth-order valence-corrected chi connectivity index (χ4v) is 4.67. The molecule has 2 aliphatic rings. The average molecular weight is 454 g/mol. The van der Waals surface area contributed by atoms with E-state index in [0.29, 0.717) is 40.2 Å². The van der Waals surface area contributed by atoms with E-state index in [9.17, 15) is 9.59 Å². The Morgan fingerprint density at radius 1 is 0.971 bits per heavy atom. The first-order valence-corrected chi connectivity index (χ1v) is 11.2. The van der Waals surface area contributed by atoms with Gasteiger partial charge in [0, 0.05) is 18.1 Å². The standard InChI is InChI=1S/C27H22N2O5/c1-3-15-10-18(25-28-21-7-5-4-6-19(21)26(30)29(25)2)11-17-12-20(27(31)34-24(15)17)16-8-9-22-23(13-16)33-14-32-22/h4-13,25,28H,3,14H2,1-2H3. The van der Waals surface area contributed by atoms with Gasteiger partial charge in [0.2, 0.25) is 6.79 Å². The molecule has 0 spiro atoms. The highest BCUT2D eigenvalue weighted by Crippen LogP contribution is 2.37. The fraction of sp³-hybridized carbons (Fsp3) is 0.185. The third-order valence-electron chi connectivity index (χ3n) is 6.47. The van der Waals surface area contributed by atoms with E-state index in [0.717, 1.165) is 22.2 Å². The van der Waals surface area contributed by atoms with Crippen LogP contribution in [0.3, 0.4) is 0 Å². The molecule has 0 radical (unpaired) electrons. The van der Waals surface area contributed by atoms with Gasteiger partial charge < -0.3 is 24.1 Å². The number of nitrogens with zero attached hydrogens (tertiary/aromatic N) is 1. The molecular weight excluding hydrogens is 432 g/mol. The Morgan fingerprint density at radius 2 is 1.79 bits per heavy atom. The number of hydrogen-bond donors (Lipinski definition) is 1. The maximum atomic E-state index is 13.0. The Morgan fingerprint density at radius 3 is 2.65 bits per heavy atom. The molecule has 4 aromatic rings. The number of carbonyl (C=O) groups is 1. The van der Waals surface area contributed by atoms with E-state index in [2.05, 4.69) is 5.32 Å². The van der Waals surface area contributed by atoms with Crippen molar-refractivity contribution >= 4 is 22.6 Å². The van der Waals surface area contributed by atoms with Crippen LogP contribution in [-0.4, -0.2) is 24.6 Å². The quantitative estimate of drug-likeness (QED) is 0.442.